The summed E-state index contributed by atoms with van der Waals surface area (Å²) in [5.41, 5.74) is 0.911. The second-order valence-corrected chi connectivity index (χ2v) is 7.17. The SMILES string of the molecule is COCCOc1cc([N+](=O)[O-])c(C(=O)N2CCN(Cc3ccccc3)CC2)cc1OC. The van der Waals surface area contributed by atoms with Crippen LogP contribution in [-0.2, 0) is 11.3 Å². The molecule has 166 valence electrons. The van der Waals surface area contributed by atoms with Gasteiger partial charge < -0.3 is 19.1 Å². The molecule has 2 aromatic carbocycles. The van der Waals surface area contributed by atoms with Crippen LogP contribution in [0.3, 0.4) is 0 Å². The molecule has 9 heteroatoms. The Hall–Kier alpha value is -3.17. The highest BCUT2D eigenvalue weighted by Crippen LogP contribution is 2.35. The summed E-state index contributed by atoms with van der Waals surface area (Å²) >= 11 is 0. The third kappa shape index (κ3) is 5.71. The van der Waals surface area contributed by atoms with Crippen molar-refractivity contribution in [1.29, 1.82) is 0 Å². The van der Waals surface area contributed by atoms with Crippen molar-refractivity contribution < 1.29 is 23.9 Å². The molecule has 0 bridgehead atoms. The summed E-state index contributed by atoms with van der Waals surface area (Å²) < 4.78 is 15.8. The predicted molar refractivity (Wildman–Crippen MR) is 115 cm³/mol. The zero-order valence-electron chi connectivity index (χ0n) is 17.8. The third-order valence-electron chi connectivity index (χ3n) is 5.16. The molecular weight excluding hydrogens is 402 g/mol. The standard InChI is InChI=1S/C22H27N3O6/c1-29-12-13-31-21-15-19(25(27)28)18(14-20(21)30-2)22(26)24-10-8-23(9-11-24)16-17-6-4-3-5-7-17/h3-7,14-15H,8-13,16H2,1-2H3. The Bertz CT molecular complexity index is 898. The van der Waals surface area contributed by atoms with E-state index in [0.717, 1.165) is 6.54 Å². The van der Waals surface area contributed by atoms with Crippen LogP contribution < -0.4 is 9.47 Å². The lowest BCUT2D eigenvalue weighted by molar-refractivity contribution is -0.385. The van der Waals surface area contributed by atoms with Crippen molar-refractivity contribution in [3.63, 3.8) is 0 Å². The van der Waals surface area contributed by atoms with E-state index in [1.165, 1.54) is 31.9 Å². The lowest BCUT2D eigenvalue weighted by atomic mass is 10.1. The smallest absolute Gasteiger partial charge is 0.286 e. The number of ether oxygens (including phenoxy) is 3. The van der Waals surface area contributed by atoms with E-state index in [0.29, 0.717) is 32.8 Å². The van der Waals surface area contributed by atoms with E-state index in [2.05, 4.69) is 17.0 Å². The second kappa shape index (κ2) is 10.7. The normalized spacial score (nSPS) is 14.3. The van der Waals surface area contributed by atoms with Crippen LogP contribution >= 0.6 is 0 Å². The average molecular weight is 429 g/mol. The average Bonchev–Trinajstić information content (AvgIpc) is 2.79. The number of carbonyl (C=O) groups is 1. The highest BCUT2D eigenvalue weighted by molar-refractivity contribution is 5.99. The maximum atomic E-state index is 13.1. The van der Waals surface area contributed by atoms with Crippen molar-refractivity contribution in [2.45, 2.75) is 6.54 Å². The van der Waals surface area contributed by atoms with Gasteiger partial charge in [-0.3, -0.25) is 19.8 Å². The van der Waals surface area contributed by atoms with Gasteiger partial charge in [-0.2, -0.15) is 0 Å². The Balaban J connectivity index is 1.72. The van der Waals surface area contributed by atoms with Gasteiger partial charge in [0, 0.05) is 45.9 Å². The molecule has 0 unspecified atom stereocenters. The summed E-state index contributed by atoms with van der Waals surface area (Å²) in [6.45, 7) is 3.73. The number of carbonyl (C=O) groups excluding carboxylic acids is 1. The molecule has 0 N–H and O–H groups in total. The van der Waals surface area contributed by atoms with E-state index >= 15 is 0 Å². The molecule has 31 heavy (non-hydrogen) atoms. The topological polar surface area (TPSA) is 94.4 Å². The summed E-state index contributed by atoms with van der Waals surface area (Å²) in [6, 6.07) is 12.8. The van der Waals surface area contributed by atoms with Crippen molar-refractivity contribution in [3.05, 3.63) is 63.7 Å². The number of rotatable bonds is 9. The molecule has 9 nitrogen and oxygen atoms in total. The van der Waals surface area contributed by atoms with Crippen LogP contribution in [-0.4, -0.2) is 74.2 Å². The highest BCUT2D eigenvalue weighted by Gasteiger charge is 2.30. The number of nitro groups is 1. The first kappa shape index (κ1) is 22.5. The fourth-order valence-electron chi connectivity index (χ4n) is 3.50. The second-order valence-electron chi connectivity index (χ2n) is 7.17. The maximum Gasteiger partial charge on any atom is 0.286 e. The largest absolute Gasteiger partial charge is 0.493 e. The summed E-state index contributed by atoms with van der Waals surface area (Å²) in [4.78, 5) is 28.1. The Kier molecular flexibility index (Phi) is 7.80. The van der Waals surface area contributed by atoms with Crippen molar-refractivity contribution in [2.75, 3.05) is 53.6 Å². The fraction of sp³-hybridized carbons (Fsp3) is 0.409. The van der Waals surface area contributed by atoms with E-state index in [1.54, 1.807) is 4.90 Å². The molecule has 0 aliphatic carbocycles. The van der Waals surface area contributed by atoms with E-state index < -0.39 is 4.92 Å². The van der Waals surface area contributed by atoms with Crippen LogP contribution in [0.4, 0.5) is 5.69 Å². The van der Waals surface area contributed by atoms with Gasteiger partial charge in [0.05, 0.1) is 24.7 Å². The predicted octanol–water partition coefficient (Wildman–Crippen LogP) is 2.59. The summed E-state index contributed by atoms with van der Waals surface area (Å²) in [6.07, 6.45) is 0. The number of nitro benzene ring substituents is 1. The molecule has 2 aromatic rings. The number of methoxy groups -OCH3 is 2. The zero-order valence-corrected chi connectivity index (χ0v) is 17.8. The molecule has 3 rings (SSSR count). The number of hydrogen-bond acceptors (Lipinski definition) is 7. The van der Waals surface area contributed by atoms with E-state index in [9.17, 15) is 14.9 Å². The molecule has 0 radical (unpaired) electrons. The van der Waals surface area contributed by atoms with Crippen LogP contribution in [0.2, 0.25) is 0 Å². The first-order valence-corrected chi connectivity index (χ1v) is 10.1. The van der Waals surface area contributed by atoms with Gasteiger partial charge in [0.25, 0.3) is 11.6 Å². The molecule has 0 saturated carbocycles. The molecule has 1 aliphatic rings. The van der Waals surface area contributed by atoms with E-state index in [-0.39, 0.29) is 35.3 Å². The van der Waals surface area contributed by atoms with Gasteiger partial charge in [-0.25, -0.2) is 0 Å². The van der Waals surface area contributed by atoms with Gasteiger partial charge in [0.15, 0.2) is 11.5 Å². The molecule has 1 saturated heterocycles. The summed E-state index contributed by atoms with van der Waals surface area (Å²) in [5.74, 6) is 0.0936. The molecule has 0 spiro atoms. The van der Waals surface area contributed by atoms with Gasteiger partial charge in [-0.15, -0.1) is 0 Å². The Morgan fingerprint density at radius 3 is 2.35 bits per heavy atom. The van der Waals surface area contributed by atoms with Crippen molar-refractivity contribution >= 4 is 11.6 Å². The molecule has 0 aromatic heterocycles. The quantitative estimate of drug-likeness (QED) is 0.343. The van der Waals surface area contributed by atoms with Gasteiger partial charge in [-0.05, 0) is 5.56 Å². The van der Waals surface area contributed by atoms with Crippen LogP contribution in [0.1, 0.15) is 15.9 Å². The molecular formula is C22H27N3O6. The Morgan fingerprint density at radius 1 is 1.03 bits per heavy atom. The van der Waals surface area contributed by atoms with Crippen LogP contribution in [0, 0.1) is 10.1 Å². The molecule has 0 atom stereocenters. The molecule has 1 heterocycles. The number of hydrogen-bond donors (Lipinski definition) is 0. The lowest BCUT2D eigenvalue weighted by Crippen LogP contribution is -2.48. The first-order chi connectivity index (χ1) is 15.0. The van der Waals surface area contributed by atoms with Gasteiger partial charge in [0.1, 0.15) is 12.2 Å². The fourth-order valence-corrected chi connectivity index (χ4v) is 3.50. The minimum absolute atomic E-state index is 0.00236. The minimum Gasteiger partial charge on any atom is -0.493 e. The van der Waals surface area contributed by atoms with Crippen LogP contribution in [0.15, 0.2) is 42.5 Å². The van der Waals surface area contributed by atoms with Crippen LogP contribution in [0.25, 0.3) is 0 Å². The lowest BCUT2D eigenvalue weighted by Gasteiger charge is -2.34. The maximum absolute atomic E-state index is 13.1. The summed E-state index contributed by atoms with van der Waals surface area (Å²) in [5, 5.41) is 11.7. The Labute approximate surface area is 181 Å². The van der Waals surface area contributed by atoms with Gasteiger partial charge in [-0.1, -0.05) is 30.3 Å². The van der Waals surface area contributed by atoms with Gasteiger partial charge in [0.2, 0.25) is 0 Å². The number of benzene rings is 2. The van der Waals surface area contributed by atoms with E-state index in [4.69, 9.17) is 14.2 Å². The monoisotopic (exact) mass is 429 g/mol. The van der Waals surface area contributed by atoms with Crippen molar-refractivity contribution in [3.8, 4) is 11.5 Å². The zero-order chi connectivity index (χ0) is 22.2. The number of piperazine rings is 1. The molecule has 1 amide bonds. The molecule has 1 fully saturated rings. The number of nitrogens with zero attached hydrogens (tertiary/aromatic N) is 3. The number of amides is 1. The van der Waals surface area contributed by atoms with Crippen LogP contribution in [0.5, 0.6) is 11.5 Å². The summed E-state index contributed by atoms with van der Waals surface area (Å²) in [7, 11) is 2.96. The van der Waals surface area contributed by atoms with Crippen molar-refractivity contribution in [2.24, 2.45) is 0 Å². The van der Waals surface area contributed by atoms with Gasteiger partial charge >= 0.3 is 0 Å². The Morgan fingerprint density at radius 2 is 1.74 bits per heavy atom. The molecule has 1 aliphatic heterocycles. The third-order valence-corrected chi connectivity index (χ3v) is 5.16. The van der Waals surface area contributed by atoms with E-state index in [1.807, 2.05) is 18.2 Å². The first-order valence-electron chi connectivity index (χ1n) is 10.1. The minimum atomic E-state index is -0.568. The highest BCUT2D eigenvalue weighted by atomic mass is 16.6. The van der Waals surface area contributed by atoms with Crippen molar-refractivity contribution in [1.82, 2.24) is 9.80 Å².